The molecule has 4 heteroatoms. The fourth-order valence-corrected chi connectivity index (χ4v) is 5.39. The van der Waals surface area contributed by atoms with Gasteiger partial charge in [-0.15, -0.1) is 0 Å². The largest absolute Gasteiger partial charge is 0.394 e. The first-order valence-corrected chi connectivity index (χ1v) is 9.01. The lowest BCUT2D eigenvalue weighted by molar-refractivity contribution is -0.105. The van der Waals surface area contributed by atoms with Crippen molar-refractivity contribution in [1.29, 1.82) is 0 Å². The minimum absolute atomic E-state index is 0.0633. The van der Waals surface area contributed by atoms with E-state index >= 15 is 0 Å². The summed E-state index contributed by atoms with van der Waals surface area (Å²) in [4.78, 5) is 0. The number of ether oxygens (including phenoxy) is 1. The van der Waals surface area contributed by atoms with Crippen LogP contribution in [0.15, 0.2) is 0 Å². The predicted molar refractivity (Wildman–Crippen MR) is 86.6 cm³/mol. The van der Waals surface area contributed by atoms with E-state index in [2.05, 4.69) is 5.32 Å². The van der Waals surface area contributed by atoms with Crippen LogP contribution in [-0.2, 0) is 4.74 Å². The third-order valence-electron chi connectivity index (χ3n) is 6.10. The van der Waals surface area contributed by atoms with E-state index in [0.29, 0.717) is 18.6 Å². The van der Waals surface area contributed by atoms with Crippen molar-refractivity contribution in [3.8, 4) is 0 Å². The highest BCUT2D eigenvalue weighted by atomic mass is 16.5. The van der Waals surface area contributed by atoms with Gasteiger partial charge in [-0.05, 0) is 75.5 Å². The number of hydrogen-bond acceptors (Lipinski definition) is 4. The summed E-state index contributed by atoms with van der Waals surface area (Å²) in [5, 5.41) is 22.4. The maximum absolute atomic E-state index is 10.1. The summed E-state index contributed by atoms with van der Waals surface area (Å²) in [6.07, 6.45) is 7.94. The molecule has 128 valence electrons. The standard InChI is InChI=1S/C18H33NO3/c1-17(2,11-20)19-9-16(21)10-22-12-18-6-13-3-14(7-18)5-15(4-13)8-18/h13-16,19-21H,3-12H2,1-2H3/t13?,14?,15?,16-,18?/m0/s1. The number of hydrogen-bond donors (Lipinski definition) is 3. The Kier molecular flexibility index (Phi) is 4.84. The van der Waals surface area contributed by atoms with Crippen LogP contribution in [-0.4, -0.2) is 48.2 Å². The van der Waals surface area contributed by atoms with E-state index in [4.69, 9.17) is 4.74 Å². The third-order valence-corrected chi connectivity index (χ3v) is 6.10. The molecule has 0 radical (unpaired) electrons. The van der Waals surface area contributed by atoms with Crippen molar-refractivity contribution in [3.63, 3.8) is 0 Å². The summed E-state index contributed by atoms with van der Waals surface area (Å²) in [5.74, 6) is 2.85. The first-order chi connectivity index (χ1) is 10.4. The van der Waals surface area contributed by atoms with Crippen LogP contribution in [0.1, 0.15) is 52.4 Å². The topological polar surface area (TPSA) is 61.7 Å². The summed E-state index contributed by atoms with van der Waals surface area (Å²) in [5.41, 5.74) is 0.0766. The molecular weight excluding hydrogens is 278 g/mol. The number of nitrogens with one attached hydrogen (secondary N) is 1. The molecule has 4 rings (SSSR count). The highest BCUT2D eigenvalue weighted by Crippen LogP contribution is 2.60. The average molecular weight is 311 g/mol. The SMILES string of the molecule is CC(C)(CO)NC[C@H](O)COCC12CC3CC(CC(C3)C1)C2. The van der Waals surface area contributed by atoms with Gasteiger partial charge < -0.3 is 20.3 Å². The summed E-state index contributed by atoms with van der Waals surface area (Å²) in [6, 6.07) is 0. The Morgan fingerprint density at radius 1 is 1.14 bits per heavy atom. The maximum atomic E-state index is 10.1. The van der Waals surface area contributed by atoms with E-state index in [1.807, 2.05) is 13.8 Å². The normalized spacial score (nSPS) is 38.5. The Bertz CT molecular complexity index is 347. The van der Waals surface area contributed by atoms with Crippen molar-refractivity contribution in [2.45, 2.75) is 64.0 Å². The highest BCUT2D eigenvalue weighted by Gasteiger charge is 2.50. The molecule has 3 N–H and O–H groups in total. The maximum Gasteiger partial charge on any atom is 0.0897 e. The molecule has 0 unspecified atom stereocenters. The van der Waals surface area contributed by atoms with Crippen LogP contribution in [0.2, 0.25) is 0 Å². The summed E-state index contributed by atoms with van der Waals surface area (Å²) in [6.45, 7) is 5.61. The molecule has 4 nitrogen and oxygen atoms in total. The molecule has 0 amide bonds. The second-order valence-electron chi connectivity index (χ2n) is 9.01. The lowest BCUT2D eigenvalue weighted by Gasteiger charge is -2.56. The molecule has 0 spiro atoms. The van der Waals surface area contributed by atoms with Crippen LogP contribution >= 0.6 is 0 Å². The van der Waals surface area contributed by atoms with E-state index < -0.39 is 6.10 Å². The lowest BCUT2D eigenvalue weighted by atomic mass is 9.50. The monoisotopic (exact) mass is 311 g/mol. The average Bonchev–Trinajstić information content (AvgIpc) is 2.43. The van der Waals surface area contributed by atoms with Crippen LogP contribution in [0, 0.1) is 23.2 Å². The fourth-order valence-electron chi connectivity index (χ4n) is 5.39. The molecule has 0 aromatic rings. The first kappa shape index (κ1) is 16.7. The van der Waals surface area contributed by atoms with Gasteiger partial charge in [0.2, 0.25) is 0 Å². The minimum Gasteiger partial charge on any atom is -0.394 e. The molecule has 22 heavy (non-hydrogen) atoms. The van der Waals surface area contributed by atoms with Crippen molar-refractivity contribution in [1.82, 2.24) is 5.32 Å². The summed E-state index contributed by atoms with van der Waals surface area (Å²) >= 11 is 0. The Balaban J connectivity index is 1.40. The van der Waals surface area contributed by atoms with E-state index in [-0.39, 0.29) is 12.1 Å². The van der Waals surface area contributed by atoms with Gasteiger partial charge in [-0.3, -0.25) is 0 Å². The van der Waals surface area contributed by atoms with E-state index in [1.165, 1.54) is 38.5 Å². The smallest absolute Gasteiger partial charge is 0.0897 e. The van der Waals surface area contributed by atoms with Crippen molar-refractivity contribution in [3.05, 3.63) is 0 Å². The van der Waals surface area contributed by atoms with Crippen molar-refractivity contribution in [2.24, 2.45) is 23.2 Å². The van der Waals surface area contributed by atoms with Gasteiger partial charge >= 0.3 is 0 Å². The van der Waals surface area contributed by atoms with Crippen molar-refractivity contribution >= 4 is 0 Å². The van der Waals surface area contributed by atoms with Crippen LogP contribution in [0.3, 0.4) is 0 Å². The molecule has 4 aliphatic rings. The third kappa shape index (κ3) is 3.84. The zero-order chi connectivity index (χ0) is 15.8. The molecule has 1 atom stereocenters. The Labute approximate surface area is 134 Å². The molecule has 4 saturated carbocycles. The molecule has 0 aliphatic heterocycles. The van der Waals surface area contributed by atoms with Crippen LogP contribution in [0.4, 0.5) is 0 Å². The Morgan fingerprint density at radius 3 is 2.18 bits per heavy atom. The second kappa shape index (κ2) is 6.39. The number of aliphatic hydroxyl groups is 2. The van der Waals surface area contributed by atoms with Crippen LogP contribution in [0.25, 0.3) is 0 Å². The van der Waals surface area contributed by atoms with Gasteiger partial charge in [0.25, 0.3) is 0 Å². The van der Waals surface area contributed by atoms with Gasteiger partial charge in [-0.25, -0.2) is 0 Å². The van der Waals surface area contributed by atoms with Gasteiger partial charge in [0.1, 0.15) is 0 Å². The molecule has 4 bridgehead atoms. The number of rotatable bonds is 8. The van der Waals surface area contributed by atoms with Gasteiger partial charge in [-0.1, -0.05) is 0 Å². The molecular formula is C18H33NO3. The molecule has 0 saturated heterocycles. The second-order valence-corrected chi connectivity index (χ2v) is 9.01. The first-order valence-electron chi connectivity index (χ1n) is 9.01. The van der Waals surface area contributed by atoms with Gasteiger partial charge in [0.05, 0.1) is 25.9 Å². The van der Waals surface area contributed by atoms with E-state index in [0.717, 1.165) is 24.4 Å². The molecule has 4 aliphatic carbocycles. The summed E-state index contributed by atoms with van der Waals surface area (Å²) < 4.78 is 5.93. The van der Waals surface area contributed by atoms with Crippen molar-refractivity contribution < 1.29 is 14.9 Å². The number of β-amino-alcohol motifs (C(OH)–C–C–N with tert-alkyl or cyclic N) is 1. The van der Waals surface area contributed by atoms with Crippen LogP contribution in [0.5, 0.6) is 0 Å². The highest BCUT2D eigenvalue weighted by molar-refractivity contribution is 5.01. The predicted octanol–water partition coefficient (Wildman–Crippen LogP) is 1.94. The Hall–Kier alpha value is -0.160. The lowest BCUT2D eigenvalue weighted by Crippen LogP contribution is -2.49. The number of aliphatic hydroxyl groups excluding tert-OH is 2. The Morgan fingerprint density at radius 2 is 1.68 bits per heavy atom. The molecule has 0 aromatic carbocycles. The molecule has 0 aromatic heterocycles. The summed E-state index contributed by atoms with van der Waals surface area (Å²) in [7, 11) is 0. The van der Waals surface area contributed by atoms with Crippen LogP contribution < -0.4 is 5.32 Å². The fraction of sp³-hybridized carbons (Fsp3) is 1.00. The van der Waals surface area contributed by atoms with Gasteiger partial charge in [0, 0.05) is 12.1 Å². The van der Waals surface area contributed by atoms with E-state index in [1.54, 1.807) is 0 Å². The molecule has 4 fully saturated rings. The molecule has 0 heterocycles. The van der Waals surface area contributed by atoms with Gasteiger partial charge in [0.15, 0.2) is 0 Å². The minimum atomic E-state index is -0.500. The van der Waals surface area contributed by atoms with Crippen molar-refractivity contribution in [2.75, 3.05) is 26.4 Å². The van der Waals surface area contributed by atoms with E-state index in [9.17, 15) is 10.2 Å². The zero-order valence-electron chi connectivity index (χ0n) is 14.2. The quantitative estimate of drug-likeness (QED) is 0.641. The zero-order valence-corrected chi connectivity index (χ0v) is 14.2. The van der Waals surface area contributed by atoms with Gasteiger partial charge in [-0.2, -0.15) is 0 Å².